The minimum absolute atomic E-state index is 0.162. The lowest BCUT2D eigenvalue weighted by Crippen LogP contribution is -2.60. The molecule has 1 aliphatic rings. The van der Waals surface area contributed by atoms with Crippen molar-refractivity contribution in [2.45, 2.75) is 51.1 Å². The summed E-state index contributed by atoms with van der Waals surface area (Å²) in [6.45, 7) is 4.16. The molecule has 0 radical (unpaired) electrons. The van der Waals surface area contributed by atoms with Gasteiger partial charge in [0.25, 0.3) is 0 Å². The van der Waals surface area contributed by atoms with Crippen molar-refractivity contribution in [2.24, 2.45) is 11.7 Å². The van der Waals surface area contributed by atoms with E-state index in [2.05, 4.69) is 25.4 Å². The van der Waals surface area contributed by atoms with E-state index in [0.717, 1.165) is 31.4 Å². The number of hydrogen-bond donors (Lipinski definition) is 2. The van der Waals surface area contributed by atoms with Crippen LogP contribution in [-0.2, 0) is 4.79 Å². The summed E-state index contributed by atoms with van der Waals surface area (Å²) in [5.74, 6) is 1.36. The maximum atomic E-state index is 11.8. The van der Waals surface area contributed by atoms with Crippen LogP contribution in [0.1, 0.15) is 39.5 Å². The highest BCUT2D eigenvalue weighted by Crippen LogP contribution is 2.38. The third-order valence-corrected chi connectivity index (χ3v) is 4.12. The molecular weight excluding hydrogens is 220 g/mol. The number of hydrogen-bond acceptors (Lipinski definition) is 3. The number of carbonyl (C=O) groups excluding carboxylic acids is 1. The van der Waals surface area contributed by atoms with Crippen LogP contribution in [0, 0.1) is 5.92 Å². The van der Waals surface area contributed by atoms with Crippen molar-refractivity contribution < 1.29 is 4.79 Å². The summed E-state index contributed by atoms with van der Waals surface area (Å²) in [4.78, 5) is 11.8. The first kappa shape index (κ1) is 13.8. The summed E-state index contributed by atoms with van der Waals surface area (Å²) in [5.41, 5.74) is 5.19. The molecule has 1 aliphatic carbocycles. The van der Waals surface area contributed by atoms with Gasteiger partial charge in [0.2, 0.25) is 5.91 Å². The fraction of sp³-hybridized carbons (Fsp3) is 0.917. The predicted octanol–water partition coefficient (Wildman–Crippen LogP) is 1.76. The first-order valence-electron chi connectivity index (χ1n) is 6.09. The maximum Gasteiger partial charge on any atom is 0.238 e. The van der Waals surface area contributed by atoms with Crippen molar-refractivity contribution in [1.29, 1.82) is 0 Å². The van der Waals surface area contributed by atoms with Crippen molar-refractivity contribution in [3.63, 3.8) is 0 Å². The van der Waals surface area contributed by atoms with Gasteiger partial charge in [-0.1, -0.05) is 6.42 Å². The van der Waals surface area contributed by atoms with Crippen LogP contribution in [-0.4, -0.2) is 29.5 Å². The van der Waals surface area contributed by atoms with Crippen molar-refractivity contribution >= 4 is 17.7 Å². The topological polar surface area (TPSA) is 55.1 Å². The van der Waals surface area contributed by atoms with Crippen LogP contribution >= 0.6 is 11.8 Å². The Morgan fingerprint density at radius 3 is 2.81 bits per heavy atom. The van der Waals surface area contributed by atoms with E-state index in [-0.39, 0.29) is 5.91 Å². The summed E-state index contributed by atoms with van der Waals surface area (Å²) in [5, 5.41) is 3.43. The molecule has 94 valence electrons. The summed E-state index contributed by atoms with van der Waals surface area (Å²) in [6.07, 6.45) is 6.34. The van der Waals surface area contributed by atoms with Gasteiger partial charge < -0.3 is 11.1 Å². The Kier molecular flexibility index (Phi) is 5.12. The van der Waals surface area contributed by atoms with Crippen molar-refractivity contribution in [3.8, 4) is 0 Å². The van der Waals surface area contributed by atoms with E-state index in [9.17, 15) is 4.79 Å². The maximum absolute atomic E-state index is 11.8. The van der Waals surface area contributed by atoms with Gasteiger partial charge in [0.1, 0.15) is 5.54 Å². The van der Waals surface area contributed by atoms with E-state index in [4.69, 9.17) is 5.73 Å². The van der Waals surface area contributed by atoms with Gasteiger partial charge in [-0.15, -0.1) is 0 Å². The number of thioether (sulfide) groups is 1. The number of primary amides is 1. The molecule has 2 unspecified atom stereocenters. The zero-order chi connectivity index (χ0) is 12.2. The normalized spacial score (nSPS) is 29.9. The molecule has 0 spiro atoms. The Morgan fingerprint density at radius 1 is 1.62 bits per heavy atom. The minimum atomic E-state index is -0.441. The van der Waals surface area contributed by atoms with Gasteiger partial charge in [0.15, 0.2) is 0 Å². The third-order valence-electron chi connectivity index (χ3n) is 3.48. The largest absolute Gasteiger partial charge is 0.368 e. The monoisotopic (exact) mass is 244 g/mol. The van der Waals surface area contributed by atoms with Crippen molar-refractivity contribution in [1.82, 2.24) is 5.32 Å². The third kappa shape index (κ3) is 2.92. The molecule has 0 saturated heterocycles. The van der Waals surface area contributed by atoms with Gasteiger partial charge in [-0.3, -0.25) is 4.79 Å². The van der Waals surface area contributed by atoms with Crippen molar-refractivity contribution in [3.05, 3.63) is 0 Å². The van der Waals surface area contributed by atoms with Gasteiger partial charge in [-0.25, -0.2) is 0 Å². The highest BCUT2D eigenvalue weighted by atomic mass is 32.2. The molecule has 0 aromatic rings. The first-order chi connectivity index (χ1) is 7.53. The van der Waals surface area contributed by atoms with E-state index >= 15 is 0 Å². The predicted molar refractivity (Wildman–Crippen MR) is 70.5 cm³/mol. The molecule has 0 heterocycles. The lowest BCUT2D eigenvalue weighted by molar-refractivity contribution is -0.126. The van der Waals surface area contributed by atoms with E-state index in [1.165, 1.54) is 0 Å². The average molecular weight is 244 g/mol. The molecule has 1 rings (SSSR count). The first-order valence-corrected chi connectivity index (χ1v) is 7.49. The summed E-state index contributed by atoms with van der Waals surface area (Å²) >= 11 is 1.84. The second kappa shape index (κ2) is 5.92. The minimum Gasteiger partial charge on any atom is -0.368 e. The summed E-state index contributed by atoms with van der Waals surface area (Å²) in [7, 11) is 0. The van der Waals surface area contributed by atoms with E-state index < -0.39 is 5.54 Å². The molecule has 0 aliphatic heterocycles. The quantitative estimate of drug-likeness (QED) is 0.748. The van der Waals surface area contributed by atoms with Gasteiger partial charge >= 0.3 is 0 Å². The molecule has 4 heteroatoms. The fourth-order valence-corrected chi connectivity index (χ4v) is 3.35. The van der Waals surface area contributed by atoms with Crippen LogP contribution < -0.4 is 11.1 Å². The Morgan fingerprint density at radius 2 is 2.31 bits per heavy atom. The number of rotatable bonds is 6. The fourth-order valence-electron chi connectivity index (χ4n) is 2.83. The second-order valence-corrected chi connectivity index (χ2v) is 5.99. The molecule has 1 saturated carbocycles. The standard InChI is InChI=1S/C12H24N2OS/c1-9(2)14-12(11(13)15)7-4-5-10(12)6-8-16-3/h9-10,14H,4-8H2,1-3H3,(H2,13,15). The molecule has 16 heavy (non-hydrogen) atoms. The van der Waals surface area contributed by atoms with Crippen LogP contribution in [0.2, 0.25) is 0 Å². The Balaban J connectivity index is 2.76. The number of nitrogens with one attached hydrogen (secondary N) is 1. The van der Waals surface area contributed by atoms with Crippen LogP contribution in [0.4, 0.5) is 0 Å². The zero-order valence-electron chi connectivity index (χ0n) is 10.6. The number of carbonyl (C=O) groups is 1. The molecule has 3 nitrogen and oxygen atoms in total. The Labute approximate surface area is 103 Å². The van der Waals surface area contributed by atoms with E-state index in [1.54, 1.807) is 0 Å². The lowest BCUT2D eigenvalue weighted by Gasteiger charge is -2.35. The Bertz CT molecular complexity index is 245. The van der Waals surface area contributed by atoms with Crippen LogP contribution in [0.25, 0.3) is 0 Å². The zero-order valence-corrected chi connectivity index (χ0v) is 11.4. The number of nitrogens with two attached hydrogens (primary N) is 1. The smallest absolute Gasteiger partial charge is 0.238 e. The number of amides is 1. The second-order valence-electron chi connectivity index (χ2n) is 5.01. The molecule has 1 fully saturated rings. The SMILES string of the molecule is CSCCC1CCCC1(NC(C)C)C(N)=O. The summed E-state index contributed by atoms with van der Waals surface area (Å²) < 4.78 is 0. The highest BCUT2D eigenvalue weighted by molar-refractivity contribution is 7.98. The molecule has 2 atom stereocenters. The van der Waals surface area contributed by atoms with Crippen LogP contribution in [0.15, 0.2) is 0 Å². The van der Waals surface area contributed by atoms with Gasteiger partial charge in [0, 0.05) is 6.04 Å². The average Bonchev–Trinajstić information content (AvgIpc) is 2.58. The van der Waals surface area contributed by atoms with Crippen LogP contribution in [0.5, 0.6) is 0 Å². The van der Waals surface area contributed by atoms with Gasteiger partial charge in [-0.05, 0) is 51.0 Å². The molecule has 0 aromatic carbocycles. The molecule has 1 amide bonds. The molecular formula is C12H24N2OS. The summed E-state index contributed by atoms with van der Waals surface area (Å²) in [6, 6.07) is 0.308. The van der Waals surface area contributed by atoms with Gasteiger partial charge in [0.05, 0.1) is 0 Å². The molecule has 0 aromatic heterocycles. The Hall–Kier alpha value is -0.220. The van der Waals surface area contributed by atoms with Crippen molar-refractivity contribution in [2.75, 3.05) is 12.0 Å². The van der Waals surface area contributed by atoms with E-state index in [0.29, 0.717) is 12.0 Å². The molecule has 0 bridgehead atoms. The van der Waals surface area contributed by atoms with Gasteiger partial charge in [-0.2, -0.15) is 11.8 Å². The highest BCUT2D eigenvalue weighted by Gasteiger charge is 2.47. The lowest BCUT2D eigenvalue weighted by atomic mass is 9.83. The van der Waals surface area contributed by atoms with E-state index in [1.807, 2.05) is 11.8 Å². The van der Waals surface area contributed by atoms with Crippen LogP contribution in [0.3, 0.4) is 0 Å². The molecule has 3 N–H and O–H groups in total.